The largest absolute Gasteiger partial charge is 0.475 e. The molecule has 0 radical (unpaired) electrons. The van der Waals surface area contributed by atoms with Crippen LogP contribution in [0.4, 0.5) is 0 Å². The molecule has 0 heterocycles. The molecule has 0 saturated heterocycles. The first-order valence-corrected chi connectivity index (χ1v) is 4.04. The zero-order valence-corrected chi connectivity index (χ0v) is 7.93. The standard InChI is InChI=1S/C10H9ClO2/c1-3-10(12)13-9-6-8(11)5-4-7(9)2/h4-6,12H,1H2,2H3. The van der Waals surface area contributed by atoms with Gasteiger partial charge in [0.1, 0.15) is 5.75 Å². The van der Waals surface area contributed by atoms with Crippen molar-refractivity contribution in [2.45, 2.75) is 6.92 Å². The fourth-order valence-corrected chi connectivity index (χ4v) is 0.986. The van der Waals surface area contributed by atoms with Gasteiger partial charge >= 0.3 is 5.95 Å². The summed E-state index contributed by atoms with van der Waals surface area (Å²) in [7, 11) is 0. The van der Waals surface area contributed by atoms with Gasteiger partial charge in [0.05, 0.1) is 0 Å². The Labute approximate surface area is 81.7 Å². The molecule has 0 amide bonds. The zero-order chi connectivity index (χ0) is 9.84. The molecule has 0 aliphatic heterocycles. The SMILES string of the molecule is C=C=C(O)Oc1cc(Cl)ccc1C. The summed E-state index contributed by atoms with van der Waals surface area (Å²) in [4.78, 5) is 0. The molecule has 0 bridgehead atoms. The average molecular weight is 197 g/mol. The second-order valence-corrected chi connectivity index (χ2v) is 2.93. The molecule has 3 heteroatoms. The van der Waals surface area contributed by atoms with Crippen LogP contribution in [0.1, 0.15) is 5.56 Å². The molecule has 0 saturated carbocycles. The lowest BCUT2D eigenvalue weighted by atomic mass is 10.2. The Morgan fingerprint density at radius 2 is 2.31 bits per heavy atom. The van der Waals surface area contributed by atoms with E-state index in [1.165, 1.54) is 0 Å². The Bertz CT molecular complexity index is 365. The molecule has 1 N–H and O–H groups in total. The Morgan fingerprint density at radius 1 is 1.62 bits per heavy atom. The van der Waals surface area contributed by atoms with E-state index in [1.54, 1.807) is 18.2 Å². The van der Waals surface area contributed by atoms with Crippen molar-refractivity contribution in [3.63, 3.8) is 0 Å². The normalized spacial score (nSPS) is 9.08. The number of rotatable bonds is 2. The number of benzene rings is 1. The highest BCUT2D eigenvalue weighted by Crippen LogP contribution is 2.23. The third kappa shape index (κ3) is 2.55. The maximum atomic E-state index is 9.00. The summed E-state index contributed by atoms with van der Waals surface area (Å²) < 4.78 is 4.99. The summed E-state index contributed by atoms with van der Waals surface area (Å²) in [5.41, 5.74) is 3.10. The number of aliphatic hydroxyl groups is 1. The predicted octanol–water partition coefficient (Wildman–Crippen LogP) is 3.21. The Balaban J connectivity index is 3.00. The number of halogens is 1. The summed E-state index contributed by atoms with van der Waals surface area (Å²) in [6.45, 7) is 5.09. The highest BCUT2D eigenvalue weighted by atomic mass is 35.5. The lowest BCUT2D eigenvalue weighted by Crippen LogP contribution is -1.93. The van der Waals surface area contributed by atoms with Crippen LogP contribution in [0.15, 0.2) is 36.5 Å². The van der Waals surface area contributed by atoms with Crippen molar-refractivity contribution in [2.75, 3.05) is 0 Å². The molecule has 0 fully saturated rings. The maximum Gasteiger partial charge on any atom is 0.330 e. The minimum absolute atomic E-state index is 0.356. The first kappa shape index (κ1) is 9.72. The summed E-state index contributed by atoms with van der Waals surface area (Å²) in [5, 5.41) is 9.56. The molecule has 1 aromatic rings. The van der Waals surface area contributed by atoms with Crippen molar-refractivity contribution in [2.24, 2.45) is 0 Å². The number of hydrogen-bond donors (Lipinski definition) is 1. The van der Waals surface area contributed by atoms with Crippen LogP contribution in [0.25, 0.3) is 0 Å². The predicted molar refractivity (Wildman–Crippen MR) is 52.1 cm³/mol. The van der Waals surface area contributed by atoms with Gasteiger partial charge in [0.15, 0.2) is 0 Å². The molecular formula is C10H9ClO2. The highest BCUT2D eigenvalue weighted by molar-refractivity contribution is 6.30. The van der Waals surface area contributed by atoms with Crippen molar-refractivity contribution < 1.29 is 9.84 Å². The molecule has 0 atom stereocenters. The van der Waals surface area contributed by atoms with Crippen LogP contribution in [-0.2, 0) is 0 Å². The van der Waals surface area contributed by atoms with Crippen molar-refractivity contribution >= 4 is 11.6 Å². The topological polar surface area (TPSA) is 29.5 Å². The van der Waals surface area contributed by atoms with Gasteiger partial charge in [-0.25, -0.2) is 0 Å². The minimum atomic E-state index is -0.356. The fourth-order valence-electron chi connectivity index (χ4n) is 0.824. The van der Waals surface area contributed by atoms with E-state index in [4.69, 9.17) is 21.4 Å². The van der Waals surface area contributed by atoms with Crippen LogP contribution in [0, 0.1) is 6.92 Å². The van der Waals surface area contributed by atoms with Gasteiger partial charge in [0, 0.05) is 5.02 Å². The van der Waals surface area contributed by atoms with Crippen molar-refractivity contribution in [1.29, 1.82) is 0 Å². The van der Waals surface area contributed by atoms with Crippen LogP contribution in [-0.4, -0.2) is 5.11 Å². The highest BCUT2D eigenvalue weighted by Gasteiger charge is 2.02. The van der Waals surface area contributed by atoms with Crippen LogP contribution < -0.4 is 4.74 Å². The van der Waals surface area contributed by atoms with Gasteiger partial charge in [0.25, 0.3) is 0 Å². The van der Waals surface area contributed by atoms with Gasteiger partial charge in [-0.15, -0.1) is 0 Å². The van der Waals surface area contributed by atoms with Crippen LogP contribution >= 0.6 is 11.6 Å². The third-order valence-corrected chi connectivity index (χ3v) is 1.74. The molecule has 0 spiro atoms. The molecule has 0 aromatic heterocycles. The Morgan fingerprint density at radius 3 is 2.92 bits per heavy atom. The van der Waals surface area contributed by atoms with Gasteiger partial charge in [-0.2, -0.15) is 0 Å². The van der Waals surface area contributed by atoms with Crippen molar-refractivity contribution in [3.8, 4) is 5.75 Å². The van der Waals surface area contributed by atoms with E-state index in [0.29, 0.717) is 10.8 Å². The molecule has 13 heavy (non-hydrogen) atoms. The van der Waals surface area contributed by atoms with Crippen LogP contribution in [0.2, 0.25) is 5.02 Å². The van der Waals surface area contributed by atoms with E-state index < -0.39 is 0 Å². The van der Waals surface area contributed by atoms with E-state index in [1.807, 2.05) is 6.92 Å². The summed E-state index contributed by atoms with van der Waals surface area (Å²) in [6.07, 6.45) is 0. The molecule has 1 rings (SSSR count). The summed E-state index contributed by atoms with van der Waals surface area (Å²) in [6, 6.07) is 5.16. The first-order chi connectivity index (χ1) is 6.13. The Hall–Kier alpha value is -1.37. The molecule has 0 unspecified atom stereocenters. The van der Waals surface area contributed by atoms with Gasteiger partial charge < -0.3 is 9.84 Å². The van der Waals surface area contributed by atoms with Crippen molar-refractivity contribution in [1.82, 2.24) is 0 Å². The fraction of sp³-hybridized carbons (Fsp3) is 0.100. The maximum absolute atomic E-state index is 9.00. The van der Waals surface area contributed by atoms with Crippen LogP contribution in [0.5, 0.6) is 5.75 Å². The molecule has 0 aliphatic rings. The number of ether oxygens (including phenoxy) is 1. The monoisotopic (exact) mass is 196 g/mol. The second kappa shape index (κ2) is 4.04. The minimum Gasteiger partial charge on any atom is -0.475 e. The lowest BCUT2D eigenvalue weighted by Gasteiger charge is -2.05. The first-order valence-electron chi connectivity index (χ1n) is 3.66. The van der Waals surface area contributed by atoms with E-state index in [0.717, 1.165) is 5.56 Å². The van der Waals surface area contributed by atoms with Gasteiger partial charge in [0.2, 0.25) is 0 Å². The number of aryl methyl sites for hydroxylation is 1. The van der Waals surface area contributed by atoms with E-state index in [2.05, 4.69) is 12.3 Å². The lowest BCUT2D eigenvalue weighted by molar-refractivity contribution is 0.209. The molecule has 0 aliphatic carbocycles. The molecule has 1 aromatic carbocycles. The quantitative estimate of drug-likeness (QED) is 0.582. The van der Waals surface area contributed by atoms with Gasteiger partial charge in [-0.3, -0.25) is 0 Å². The third-order valence-electron chi connectivity index (χ3n) is 1.51. The van der Waals surface area contributed by atoms with E-state index in [9.17, 15) is 0 Å². The number of aliphatic hydroxyl groups excluding tert-OH is 1. The molecule has 68 valence electrons. The average Bonchev–Trinajstić information content (AvgIpc) is 2.11. The van der Waals surface area contributed by atoms with Gasteiger partial charge in [-0.05, 0) is 36.9 Å². The summed E-state index contributed by atoms with van der Waals surface area (Å²) in [5.74, 6) is 0.145. The van der Waals surface area contributed by atoms with Crippen LogP contribution in [0.3, 0.4) is 0 Å². The van der Waals surface area contributed by atoms with E-state index >= 15 is 0 Å². The van der Waals surface area contributed by atoms with Gasteiger partial charge in [-0.1, -0.05) is 17.7 Å². The summed E-state index contributed by atoms with van der Waals surface area (Å²) >= 11 is 5.74. The molecular weight excluding hydrogens is 188 g/mol. The number of hydrogen-bond acceptors (Lipinski definition) is 2. The van der Waals surface area contributed by atoms with Crippen molar-refractivity contribution in [3.05, 3.63) is 47.0 Å². The second-order valence-electron chi connectivity index (χ2n) is 2.49. The Kier molecular flexibility index (Phi) is 3.02. The molecule has 2 nitrogen and oxygen atoms in total. The smallest absolute Gasteiger partial charge is 0.330 e. The zero-order valence-electron chi connectivity index (χ0n) is 7.17. The van der Waals surface area contributed by atoms with E-state index in [-0.39, 0.29) is 5.95 Å².